The molecule has 0 saturated carbocycles. The van der Waals surface area contributed by atoms with Gasteiger partial charge in [-0.1, -0.05) is 28.1 Å². The maximum atomic E-state index is 15.6. The summed E-state index contributed by atoms with van der Waals surface area (Å²) < 4.78 is 28.4. The SMILES string of the molecule is CC1(C)OB(C(F)=C(CN2CCC(N)C2)c2ccc(Br)cc2)OC1(C)C. The van der Waals surface area contributed by atoms with Gasteiger partial charge in [0.15, 0.2) is 0 Å². The van der Waals surface area contributed by atoms with Crippen LogP contribution in [0.25, 0.3) is 5.57 Å². The average molecular weight is 425 g/mol. The number of hydrogen-bond donors (Lipinski definition) is 1. The molecule has 1 unspecified atom stereocenters. The number of rotatable bonds is 4. The highest BCUT2D eigenvalue weighted by molar-refractivity contribution is 9.10. The molecule has 26 heavy (non-hydrogen) atoms. The van der Waals surface area contributed by atoms with Crippen LogP contribution in [-0.2, 0) is 9.31 Å². The highest BCUT2D eigenvalue weighted by atomic mass is 79.9. The Bertz CT molecular complexity index is 677. The molecule has 0 aliphatic carbocycles. The lowest BCUT2D eigenvalue weighted by Gasteiger charge is -2.32. The quantitative estimate of drug-likeness (QED) is 0.747. The van der Waals surface area contributed by atoms with Crippen molar-refractivity contribution in [1.82, 2.24) is 4.90 Å². The van der Waals surface area contributed by atoms with Crippen molar-refractivity contribution in [3.05, 3.63) is 40.0 Å². The monoisotopic (exact) mass is 424 g/mol. The largest absolute Gasteiger partial charge is 0.525 e. The Labute approximate surface area is 164 Å². The molecular weight excluding hydrogens is 398 g/mol. The van der Waals surface area contributed by atoms with Crippen LogP contribution in [0.1, 0.15) is 39.7 Å². The minimum atomic E-state index is -0.991. The lowest BCUT2D eigenvalue weighted by molar-refractivity contribution is 0.00578. The Kier molecular flexibility index (Phi) is 5.67. The second kappa shape index (κ2) is 7.36. The third-order valence-electron chi connectivity index (χ3n) is 5.63. The summed E-state index contributed by atoms with van der Waals surface area (Å²) in [5, 5.41) is 0. The van der Waals surface area contributed by atoms with E-state index in [4.69, 9.17) is 15.0 Å². The van der Waals surface area contributed by atoms with Crippen LogP contribution in [0.4, 0.5) is 4.39 Å². The van der Waals surface area contributed by atoms with Crippen molar-refractivity contribution in [3.63, 3.8) is 0 Å². The second-order valence-corrected chi connectivity index (χ2v) is 9.12. The molecule has 0 bridgehead atoms. The lowest BCUT2D eigenvalue weighted by Crippen LogP contribution is -2.41. The summed E-state index contributed by atoms with van der Waals surface area (Å²) in [6.07, 6.45) is 0.936. The van der Waals surface area contributed by atoms with Crippen molar-refractivity contribution in [2.75, 3.05) is 19.6 Å². The molecule has 142 valence electrons. The van der Waals surface area contributed by atoms with Crippen LogP contribution in [0, 0.1) is 0 Å². The second-order valence-electron chi connectivity index (χ2n) is 8.21. The lowest BCUT2D eigenvalue weighted by atomic mass is 9.82. The molecule has 0 spiro atoms. The van der Waals surface area contributed by atoms with Crippen LogP contribution >= 0.6 is 15.9 Å². The Hall–Kier alpha value is -0.725. The van der Waals surface area contributed by atoms with Crippen molar-refractivity contribution in [2.45, 2.75) is 51.4 Å². The maximum absolute atomic E-state index is 15.6. The Morgan fingerprint density at radius 3 is 2.31 bits per heavy atom. The Morgan fingerprint density at radius 1 is 1.23 bits per heavy atom. The molecule has 3 rings (SSSR count). The third kappa shape index (κ3) is 4.07. The highest BCUT2D eigenvalue weighted by Crippen LogP contribution is 2.40. The average Bonchev–Trinajstić information content (AvgIpc) is 3.05. The first-order valence-electron chi connectivity index (χ1n) is 9.07. The van der Waals surface area contributed by atoms with Crippen molar-refractivity contribution >= 4 is 28.6 Å². The molecule has 0 amide bonds. The van der Waals surface area contributed by atoms with Crippen LogP contribution < -0.4 is 5.73 Å². The number of nitrogens with two attached hydrogens (primary N) is 1. The zero-order valence-electron chi connectivity index (χ0n) is 15.9. The van der Waals surface area contributed by atoms with E-state index in [1.54, 1.807) is 0 Å². The van der Waals surface area contributed by atoms with Crippen molar-refractivity contribution in [2.24, 2.45) is 5.73 Å². The summed E-state index contributed by atoms with van der Waals surface area (Å²) >= 11 is 3.44. The van der Waals surface area contributed by atoms with Gasteiger partial charge in [0.05, 0.1) is 11.2 Å². The van der Waals surface area contributed by atoms with E-state index in [0.717, 1.165) is 29.5 Å². The molecule has 0 aromatic heterocycles. The van der Waals surface area contributed by atoms with Crippen LogP contribution in [0.5, 0.6) is 0 Å². The molecular formula is C19H27BBrFN2O2. The number of halogens is 2. The molecule has 2 saturated heterocycles. The number of nitrogens with zero attached hydrogens (tertiary/aromatic N) is 1. The van der Waals surface area contributed by atoms with Gasteiger partial charge in [-0.05, 0) is 51.8 Å². The van der Waals surface area contributed by atoms with Gasteiger partial charge in [0, 0.05) is 35.7 Å². The topological polar surface area (TPSA) is 47.7 Å². The molecule has 7 heteroatoms. The standard InChI is InChI=1S/C19H27BBrFN2O2/c1-18(2)19(3,4)26-20(25-18)17(22)16(12-24-10-9-15(23)11-24)13-5-7-14(21)8-6-13/h5-8,15H,9-12,23H2,1-4H3. The summed E-state index contributed by atoms with van der Waals surface area (Å²) in [5.74, 6) is 0. The summed E-state index contributed by atoms with van der Waals surface area (Å²) in [5.41, 5.74) is 5.96. The molecule has 2 aliphatic rings. The van der Waals surface area contributed by atoms with Gasteiger partial charge >= 0.3 is 7.12 Å². The maximum Gasteiger partial charge on any atom is 0.525 e. The number of likely N-dealkylation sites (tertiary alicyclic amines) is 1. The van der Waals surface area contributed by atoms with Gasteiger partial charge in [-0.25, -0.2) is 4.39 Å². The molecule has 1 atom stereocenters. The number of hydrogen-bond acceptors (Lipinski definition) is 4. The van der Waals surface area contributed by atoms with Crippen molar-refractivity contribution < 1.29 is 13.7 Å². The van der Waals surface area contributed by atoms with Gasteiger partial charge in [-0.3, -0.25) is 4.90 Å². The van der Waals surface area contributed by atoms with E-state index >= 15 is 4.39 Å². The smallest absolute Gasteiger partial charge is 0.398 e. The van der Waals surface area contributed by atoms with E-state index in [1.165, 1.54) is 0 Å². The van der Waals surface area contributed by atoms with E-state index in [0.29, 0.717) is 12.1 Å². The Balaban J connectivity index is 1.93. The molecule has 1 aromatic rings. The zero-order valence-corrected chi connectivity index (χ0v) is 17.5. The van der Waals surface area contributed by atoms with E-state index < -0.39 is 18.3 Å². The predicted molar refractivity (Wildman–Crippen MR) is 107 cm³/mol. The first kappa shape index (κ1) is 20.0. The molecule has 4 nitrogen and oxygen atoms in total. The highest BCUT2D eigenvalue weighted by Gasteiger charge is 2.53. The predicted octanol–water partition coefficient (Wildman–Crippen LogP) is 3.79. The van der Waals surface area contributed by atoms with Crippen LogP contribution in [-0.4, -0.2) is 48.9 Å². The van der Waals surface area contributed by atoms with Gasteiger partial charge in [0.1, 0.15) is 5.73 Å². The van der Waals surface area contributed by atoms with Gasteiger partial charge < -0.3 is 15.0 Å². The van der Waals surface area contributed by atoms with Gasteiger partial charge in [0.25, 0.3) is 0 Å². The minimum Gasteiger partial charge on any atom is -0.398 e. The van der Waals surface area contributed by atoms with E-state index in [1.807, 2.05) is 52.0 Å². The van der Waals surface area contributed by atoms with Crippen molar-refractivity contribution in [3.8, 4) is 0 Å². The Morgan fingerprint density at radius 2 is 1.81 bits per heavy atom. The van der Waals surface area contributed by atoms with Crippen molar-refractivity contribution in [1.29, 1.82) is 0 Å². The van der Waals surface area contributed by atoms with Crippen LogP contribution in [0.15, 0.2) is 34.5 Å². The molecule has 2 fully saturated rings. The molecule has 2 aliphatic heterocycles. The summed E-state index contributed by atoms with van der Waals surface area (Å²) in [7, 11) is -0.991. The third-order valence-corrected chi connectivity index (χ3v) is 6.16. The summed E-state index contributed by atoms with van der Waals surface area (Å²) in [6, 6.07) is 7.83. The van der Waals surface area contributed by atoms with E-state index in [-0.39, 0.29) is 11.8 Å². The van der Waals surface area contributed by atoms with Crippen LogP contribution in [0.3, 0.4) is 0 Å². The van der Waals surface area contributed by atoms with E-state index in [9.17, 15) is 0 Å². The molecule has 2 N–H and O–H groups in total. The van der Waals surface area contributed by atoms with Gasteiger partial charge in [-0.15, -0.1) is 0 Å². The number of benzene rings is 1. The molecule has 2 heterocycles. The van der Waals surface area contributed by atoms with Gasteiger partial charge in [0.2, 0.25) is 0 Å². The molecule has 0 radical (unpaired) electrons. The molecule has 1 aromatic carbocycles. The fraction of sp³-hybridized carbons (Fsp3) is 0.579. The fourth-order valence-corrected chi connectivity index (χ4v) is 3.54. The first-order chi connectivity index (χ1) is 12.1. The first-order valence-corrected chi connectivity index (χ1v) is 9.86. The minimum absolute atomic E-state index is 0.154. The summed E-state index contributed by atoms with van der Waals surface area (Å²) in [6.45, 7) is 9.86. The zero-order chi connectivity index (χ0) is 19.1. The normalized spacial score (nSPS) is 26.3. The van der Waals surface area contributed by atoms with E-state index in [2.05, 4.69) is 20.8 Å². The fourth-order valence-electron chi connectivity index (χ4n) is 3.27. The van der Waals surface area contributed by atoms with Crippen LogP contribution in [0.2, 0.25) is 0 Å². The van der Waals surface area contributed by atoms with Gasteiger partial charge in [-0.2, -0.15) is 0 Å². The summed E-state index contributed by atoms with van der Waals surface area (Å²) in [4.78, 5) is 2.19.